The van der Waals surface area contributed by atoms with Gasteiger partial charge >= 0.3 is 0 Å². The number of aliphatic hydroxyl groups is 2. The summed E-state index contributed by atoms with van der Waals surface area (Å²) in [6, 6.07) is 0. The Hall–Kier alpha value is 0.540. The normalized spacial score (nSPS) is 13.7. The molecular formula is C28H46Br2O2S2. The van der Waals surface area contributed by atoms with Crippen molar-refractivity contribution < 1.29 is 10.2 Å². The molecule has 0 spiro atoms. The van der Waals surface area contributed by atoms with Gasteiger partial charge in [-0.2, -0.15) is 0 Å². The molecule has 2 aromatic heterocycles. The topological polar surface area (TPSA) is 40.5 Å². The van der Waals surface area contributed by atoms with Crippen LogP contribution < -0.4 is 0 Å². The molecule has 196 valence electrons. The first-order chi connectivity index (χ1) is 16.5. The molecule has 2 nitrogen and oxygen atoms in total. The van der Waals surface area contributed by atoms with E-state index in [2.05, 4.69) is 45.7 Å². The van der Waals surface area contributed by atoms with Gasteiger partial charge in [-0.05, 0) is 44.7 Å². The van der Waals surface area contributed by atoms with Crippen LogP contribution in [0.3, 0.4) is 0 Å². The Morgan fingerprint density at radius 1 is 0.529 bits per heavy atom. The molecule has 0 amide bonds. The fourth-order valence-corrected chi connectivity index (χ4v) is 9.21. The number of halogens is 2. The minimum atomic E-state index is -0.406. The third-order valence-corrected chi connectivity index (χ3v) is 12.2. The van der Waals surface area contributed by atoms with Gasteiger partial charge in [0.05, 0.1) is 30.6 Å². The molecule has 2 atom stereocenters. The van der Waals surface area contributed by atoms with Gasteiger partial charge in [-0.15, -0.1) is 22.7 Å². The molecular weight excluding hydrogens is 592 g/mol. The molecule has 0 aromatic carbocycles. The summed E-state index contributed by atoms with van der Waals surface area (Å²) in [7, 11) is 0. The molecule has 34 heavy (non-hydrogen) atoms. The Kier molecular flexibility index (Phi) is 16.2. The van der Waals surface area contributed by atoms with Gasteiger partial charge in [-0.3, -0.25) is 0 Å². The predicted octanol–water partition coefficient (Wildman–Crippen LogP) is 11.6. The molecule has 2 unspecified atom stereocenters. The van der Waals surface area contributed by atoms with Crippen molar-refractivity contribution >= 4 is 63.9 Å². The van der Waals surface area contributed by atoms with Crippen molar-refractivity contribution in [2.24, 2.45) is 0 Å². The van der Waals surface area contributed by atoms with Gasteiger partial charge in [0, 0.05) is 9.75 Å². The zero-order valence-electron chi connectivity index (χ0n) is 21.3. The molecule has 0 bridgehead atoms. The summed E-state index contributed by atoms with van der Waals surface area (Å²) in [5, 5.41) is 21.6. The maximum Gasteiger partial charge on any atom is 0.0894 e. The van der Waals surface area contributed by atoms with Crippen LogP contribution >= 0.6 is 54.5 Å². The van der Waals surface area contributed by atoms with Gasteiger partial charge in [0.1, 0.15) is 0 Å². The molecule has 0 radical (unpaired) electrons. The minimum Gasteiger partial charge on any atom is -0.388 e. The molecule has 0 aliphatic heterocycles. The van der Waals surface area contributed by atoms with Gasteiger partial charge in [-0.25, -0.2) is 0 Å². The van der Waals surface area contributed by atoms with Crippen molar-refractivity contribution in [3.05, 3.63) is 18.7 Å². The monoisotopic (exact) mass is 636 g/mol. The number of fused-ring (bicyclic) bond motifs is 1. The first-order valence-electron chi connectivity index (χ1n) is 13.8. The third kappa shape index (κ3) is 10.1. The largest absolute Gasteiger partial charge is 0.388 e. The molecule has 2 N–H and O–H groups in total. The lowest BCUT2D eigenvalue weighted by molar-refractivity contribution is 0.166. The summed E-state index contributed by atoms with van der Waals surface area (Å²) >= 11 is 10.9. The molecule has 6 heteroatoms. The number of hydrogen-bond donors (Lipinski definition) is 2. The number of unbranched alkanes of at least 4 members (excludes halogenated alkanes) is 14. The van der Waals surface area contributed by atoms with E-state index in [1.807, 2.05) is 0 Å². The van der Waals surface area contributed by atoms with Crippen molar-refractivity contribution in [2.75, 3.05) is 0 Å². The van der Waals surface area contributed by atoms with Crippen LogP contribution in [0.2, 0.25) is 0 Å². The van der Waals surface area contributed by atoms with Crippen molar-refractivity contribution in [2.45, 2.75) is 142 Å². The molecule has 0 saturated heterocycles. The standard InChI is InChI=1S/C28H46Br2O2S2/c1-3-5-7-9-11-13-15-17-19-21(31)25-23(29)27-28(33-25)24(30)26(34-27)22(32)20-18-16-14-12-10-8-6-4-2/h21-22,31-32H,3-20H2,1-2H3. The van der Waals surface area contributed by atoms with Crippen LogP contribution in [0.1, 0.15) is 151 Å². The zero-order valence-corrected chi connectivity index (χ0v) is 26.2. The molecule has 0 aliphatic rings. The van der Waals surface area contributed by atoms with Gasteiger partial charge in [0.15, 0.2) is 0 Å². The Labute approximate surface area is 233 Å². The highest BCUT2D eigenvalue weighted by Gasteiger charge is 2.24. The molecule has 0 aliphatic carbocycles. The summed E-state index contributed by atoms with van der Waals surface area (Å²) in [5.41, 5.74) is 0. The first kappa shape index (κ1) is 30.8. The summed E-state index contributed by atoms with van der Waals surface area (Å²) in [6.07, 6.45) is 21.4. The van der Waals surface area contributed by atoms with E-state index in [0.29, 0.717) is 0 Å². The van der Waals surface area contributed by atoms with E-state index in [9.17, 15) is 10.2 Å². The smallest absolute Gasteiger partial charge is 0.0894 e. The number of hydrogen-bond acceptors (Lipinski definition) is 4. The number of rotatable bonds is 20. The van der Waals surface area contributed by atoms with Crippen LogP contribution in [0, 0.1) is 0 Å². The SMILES string of the molecule is CCCCCCCCCCC(O)c1sc2c(Br)c(C(O)CCCCCCCCCC)sc2c1Br. The number of thiophene rings is 2. The quantitative estimate of drug-likeness (QED) is 0.142. The highest BCUT2D eigenvalue weighted by Crippen LogP contribution is 2.50. The second-order valence-corrected chi connectivity index (χ2v) is 13.5. The maximum atomic E-state index is 10.8. The maximum absolute atomic E-state index is 10.8. The highest BCUT2D eigenvalue weighted by molar-refractivity contribution is 9.11. The third-order valence-electron chi connectivity index (χ3n) is 6.73. The minimum absolute atomic E-state index is 0.406. The Bertz CT molecular complexity index is 736. The van der Waals surface area contributed by atoms with Gasteiger partial charge in [0.2, 0.25) is 0 Å². The molecule has 0 saturated carbocycles. The van der Waals surface area contributed by atoms with Crippen molar-refractivity contribution in [1.29, 1.82) is 0 Å². The summed E-state index contributed by atoms with van der Waals surface area (Å²) < 4.78 is 4.37. The van der Waals surface area contributed by atoms with E-state index in [-0.39, 0.29) is 0 Å². The Morgan fingerprint density at radius 3 is 1.15 bits per heavy atom. The van der Waals surface area contributed by atoms with Crippen LogP contribution in [0.15, 0.2) is 8.95 Å². The fraction of sp³-hybridized carbons (Fsp3) is 0.786. The van der Waals surface area contributed by atoms with E-state index in [1.165, 1.54) is 89.9 Å². The van der Waals surface area contributed by atoms with E-state index in [1.54, 1.807) is 22.7 Å². The average molecular weight is 639 g/mol. The summed E-state index contributed by atoms with van der Waals surface area (Å²) in [5.74, 6) is 0. The number of aliphatic hydroxyl groups excluding tert-OH is 2. The van der Waals surface area contributed by atoms with E-state index in [4.69, 9.17) is 0 Å². The van der Waals surface area contributed by atoms with Crippen molar-refractivity contribution in [1.82, 2.24) is 0 Å². The Balaban J connectivity index is 1.78. The van der Waals surface area contributed by atoms with Crippen molar-refractivity contribution in [3.8, 4) is 0 Å². The average Bonchev–Trinajstić information content (AvgIpc) is 3.33. The fourth-order valence-electron chi connectivity index (χ4n) is 4.55. The highest BCUT2D eigenvalue weighted by atomic mass is 79.9. The molecule has 2 aromatic rings. The Morgan fingerprint density at radius 2 is 0.824 bits per heavy atom. The summed E-state index contributed by atoms with van der Waals surface area (Å²) in [6.45, 7) is 4.52. The van der Waals surface area contributed by atoms with Crippen molar-refractivity contribution in [3.63, 3.8) is 0 Å². The van der Waals surface area contributed by atoms with Crippen LogP contribution in [-0.4, -0.2) is 10.2 Å². The molecule has 2 rings (SSSR count). The second-order valence-electron chi connectivity index (χ2n) is 9.78. The van der Waals surface area contributed by atoms with E-state index in [0.717, 1.165) is 53.8 Å². The molecule has 0 fully saturated rings. The van der Waals surface area contributed by atoms with Crippen LogP contribution in [0.25, 0.3) is 9.40 Å². The molecule has 2 heterocycles. The van der Waals surface area contributed by atoms with E-state index < -0.39 is 12.2 Å². The lowest BCUT2D eigenvalue weighted by atomic mass is 10.1. The van der Waals surface area contributed by atoms with Crippen LogP contribution in [0.4, 0.5) is 0 Å². The zero-order chi connectivity index (χ0) is 24.8. The lowest BCUT2D eigenvalue weighted by Gasteiger charge is -2.11. The van der Waals surface area contributed by atoms with Crippen LogP contribution in [0.5, 0.6) is 0 Å². The van der Waals surface area contributed by atoms with E-state index >= 15 is 0 Å². The van der Waals surface area contributed by atoms with Gasteiger partial charge in [-0.1, -0.05) is 117 Å². The second kappa shape index (κ2) is 17.9. The van der Waals surface area contributed by atoms with Gasteiger partial charge in [0.25, 0.3) is 0 Å². The predicted molar refractivity (Wildman–Crippen MR) is 159 cm³/mol. The lowest BCUT2D eigenvalue weighted by Crippen LogP contribution is -1.96. The first-order valence-corrected chi connectivity index (χ1v) is 17.0. The summed E-state index contributed by atoms with van der Waals surface area (Å²) in [4.78, 5) is 2.07. The van der Waals surface area contributed by atoms with Gasteiger partial charge < -0.3 is 10.2 Å². The van der Waals surface area contributed by atoms with Crippen LogP contribution in [-0.2, 0) is 0 Å².